The Hall–Kier alpha value is -17.8. The van der Waals surface area contributed by atoms with E-state index in [0.29, 0.717) is 0 Å². The number of hydrogen-bond acceptors (Lipinski definition) is 3. The van der Waals surface area contributed by atoms with E-state index in [-0.39, 0.29) is 0 Å². The highest BCUT2D eigenvalue weighted by Gasteiger charge is 2.25. The second kappa shape index (κ2) is 31.5. The molecule has 0 radical (unpaired) electrons. The predicted octanol–water partition coefficient (Wildman–Crippen LogP) is 37.9. The van der Waals surface area contributed by atoms with E-state index in [2.05, 4.69) is 485 Å². The van der Waals surface area contributed by atoms with Crippen LogP contribution in [-0.4, -0.2) is 0 Å². The van der Waals surface area contributed by atoms with Crippen LogP contribution in [0.3, 0.4) is 0 Å². The molecule has 0 N–H and O–H groups in total. The second-order valence-corrected chi connectivity index (χ2v) is 35.8. The van der Waals surface area contributed by atoms with Crippen molar-refractivity contribution in [2.24, 2.45) is 0 Å². The van der Waals surface area contributed by atoms with E-state index >= 15 is 0 Å². The van der Waals surface area contributed by atoms with Crippen molar-refractivity contribution >= 4 is 195 Å². The van der Waals surface area contributed by atoms with Gasteiger partial charge in [-0.15, -0.1) is 0 Å². The third-order valence-electron chi connectivity index (χ3n) is 28.3. The third kappa shape index (κ3) is 12.8. The maximum absolute atomic E-state index is 6.49. The number of benzene rings is 26. The molecule has 0 aliphatic heterocycles. The van der Waals surface area contributed by atoms with E-state index in [0.717, 1.165) is 82.3 Å². The fraction of sp³-hybridized carbons (Fsp3) is 0. The summed E-state index contributed by atoms with van der Waals surface area (Å²) in [7, 11) is 0. The van der Waals surface area contributed by atoms with Crippen LogP contribution in [0, 0.1) is 0 Å². The molecule has 3 nitrogen and oxygen atoms in total. The average molecular weight is 1710 g/mol. The largest absolute Gasteiger partial charge is 0.456 e. The van der Waals surface area contributed by atoms with Crippen LogP contribution < -0.4 is 0 Å². The molecule has 0 saturated carbocycles. The minimum atomic E-state index is 0.911. The van der Waals surface area contributed by atoms with Crippen LogP contribution in [0.1, 0.15) is 0 Å². The lowest BCUT2D eigenvalue weighted by Crippen LogP contribution is -1.92. The smallest absolute Gasteiger partial charge is 0.143 e. The molecule has 135 heavy (non-hydrogen) atoms. The monoisotopic (exact) mass is 1710 g/mol. The molecule has 0 aliphatic rings. The van der Waals surface area contributed by atoms with Crippen LogP contribution in [0.15, 0.2) is 499 Å². The van der Waals surface area contributed by atoms with Gasteiger partial charge in [0, 0.05) is 37.7 Å². The molecule has 0 unspecified atom stereocenters. The van der Waals surface area contributed by atoms with Crippen molar-refractivity contribution in [3.63, 3.8) is 0 Å². The standard InChI is InChI=1S/2C46H28O.C40H24O/c1-3-13-34-30(10-1)12-9-19-36(34)45-39-17-7-5-15-37(39)44(38-16-6-8-18-40(38)45)32-22-20-29(21-23-32)33-25-27-43-42(28-33)41-26-24-31-11-2-4-14-35(31)46(41)47-43;1-2-13-32-27-44-42(26-31(32)12-1)36-24-23-33(28-43(36)47-44)30-15-9-16-34(25-30)45-38-18-5-7-20-40(38)46(41-21-8-6-19-39(41)45)37-22-10-14-29-11-3-4-17-35(29)37;1-2-12-27-23-38-36(22-26(27)11-1)30-21-20-28(24-37(30)41-38)39-32-15-5-7-17-34(32)40(35-18-8-6-16-33(35)39)31-19-9-13-25-10-3-4-14-29(25)31/h2*1-28H;1-24H. The van der Waals surface area contributed by atoms with Gasteiger partial charge in [-0.05, 0) is 286 Å². The Bertz CT molecular complexity index is 9790. The number of hydrogen-bond donors (Lipinski definition) is 0. The number of furan rings is 3. The molecule has 29 rings (SSSR count). The molecule has 626 valence electrons. The summed E-state index contributed by atoms with van der Waals surface area (Å²) in [5.74, 6) is 0. The lowest BCUT2D eigenvalue weighted by molar-refractivity contribution is 0.669. The molecule has 0 saturated heterocycles. The molecule has 3 heterocycles. The fourth-order valence-corrected chi connectivity index (χ4v) is 22.1. The van der Waals surface area contributed by atoms with Crippen LogP contribution in [-0.2, 0) is 0 Å². The Balaban J connectivity index is 0.000000103. The Labute approximate surface area is 777 Å². The first-order chi connectivity index (χ1) is 66.9. The topological polar surface area (TPSA) is 39.4 Å². The second-order valence-electron chi connectivity index (χ2n) is 35.8. The van der Waals surface area contributed by atoms with E-state index in [9.17, 15) is 0 Å². The van der Waals surface area contributed by atoms with Gasteiger partial charge in [0.2, 0.25) is 0 Å². The van der Waals surface area contributed by atoms with Gasteiger partial charge < -0.3 is 13.3 Å². The lowest BCUT2D eigenvalue weighted by Gasteiger charge is -2.19. The zero-order valence-corrected chi connectivity index (χ0v) is 73.4. The average Bonchev–Trinajstić information content (AvgIpc) is 1.65. The zero-order valence-electron chi connectivity index (χ0n) is 73.4. The summed E-state index contributed by atoms with van der Waals surface area (Å²) in [4.78, 5) is 0. The first kappa shape index (κ1) is 77.2. The van der Waals surface area contributed by atoms with Crippen LogP contribution >= 0.6 is 0 Å². The maximum Gasteiger partial charge on any atom is 0.143 e. The summed E-state index contributed by atoms with van der Waals surface area (Å²) in [6.45, 7) is 0. The van der Waals surface area contributed by atoms with Crippen molar-refractivity contribution in [1.82, 2.24) is 0 Å². The minimum absolute atomic E-state index is 0.911. The molecule has 0 aliphatic carbocycles. The van der Waals surface area contributed by atoms with Crippen molar-refractivity contribution in [3.05, 3.63) is 485 Å². The van der Waals surface area contributed by atoms with Crippen LogP contribution in [0.5, 0.6) is 0 Å². The first-order valence-electron chi connectivity index (χ1n) is 46.5. The van der Waals surface area contributed by atoms with Gasteiger partial charge in [-0.2, -0.15) is 0 Å². The molecule has 26 aromatic carbocycles. The van der Waals surface area contributed by atoms with Crippen molar-refractivity contribution in [2.45, 2.75) is 0 Å². The lowest BCUT2D eigenvalue weighted by atomic mass is 9.84. The normalized spacial score (nSPS) is 11.9. The van der Waals surface area contributed by atoms with Gasteiger partial charge in [0.1, 0.15) is 33.5 Å². The summed E-state index contributed by atoms with van der Waals surface area (Å²) >= 11 is 0. The Kier molecular flexibility index (Phi) is 18.0. The van der Waals surface area contributed by atoms with E-state index < -0.39 is 0 Å². The quantitative estimate of drug-likeness (QED) is 0.142. The molecule has 3 heteroatoms. The molecule has 0 atom stereocenters. The van der Waals surface area contributed by atoms with Crippen LogP contribution in [0.4, 0.5) is 0 Å². The van der Waals surface area contributed by atoms with Gasteiger partial charge in [-0.3, -0.25) is 0 Å². The molecular weight excluding hydrogens is 1630 g/mol. The van der Waals surface area contributed by atoms with Crippen molar-refractivity contribution < 1.29 is 13.3 Å². The molecule has 3 aromatic heterocycles. The van der Waals surface area contributed by atoms with Crippen molar-refractivity contribution in [2.75, 3.05) is 0 Å². The van der Waals surface area contributed by atoms with E-state index in [1.54, 1.807) is 0 Å². The van der Waals surface area contributed by atoms with Crippen molar-refractivity contribution in [1.29, 1.82) is 0 Å². The summed E-state index contributed by atoms with van der Waals surface area (Å²) in [5, 5.41) is 36.8. The van der Waals surface area contributed by atoms with Gasteiger partial charge in [-0.25, -0.2) is 0 Å². The Morgan fingerprint density at radius 3 is 0.785 bits per heavy atom. The summed E-state index contributed by atoms with van der Waals surface area (Å²) in [6.07, 6.45) is 0. The van der Waals surface area contributed by atoms with Gasteiger partial charge in [0.25, 0.3) is 0 Å². The number of fused-ring (bicyclic) bond motifs is 22. The number of rotatable bonds is 8. The predicted molar refractivity (Wildman–Crippen MR) is 575 cm³/mol. The highest BCUT2D eigenvalue weighted by atomic mass is 16.3. The van der Waals surface area contributed by atoms with E-state index in [1.807, 2.05) is 0 Å². The molecular formula is C132H80O3. The van der Waals surface area contributed by atoms with Gasteiger partial charge >= 0.3 is 0 Å². The van der Waals surface area contributed by atoms with Gasteiger partial charge in [0.15, 0.2) is 0 Å². The Morgan fingerprint density at radius 2 is 0.363 bits per heavy atom. The summed E-state index contributed by atoms with van der Waals surface area (Å²) in [5.41, 5.74) is 25.3. The molecule has 0 spiro atoms. The highest BCUT2D eigenvalue weighted by molar-refractivity contribution is 6.28. The van der Waals surface area contributed by atoms with Crippen LogP contribution in [0.25, 0.3) is 284 Å². The van der Waals surface area contributed by atoms with Gasteiger partial charge in [0.05, 0.1) is 0 Å². The summed E-state index contributed by atoms with van der Waals surface area (Å²) < 4.78 is 19.3. The van der Waals surface area contributed by atoms with Crippen LogP contribution in [0.2, 0.25) is 0 Å². The third-order valence-corrected chi connectivity index (χ3v) is 28.3. The summed E-state index contributed by atoms with van der Waals surface area (Å²) in [6, 6.07) is 176. The fourth-order valence-electron chi connectivity index (χ4n) is 22.1. The van der Waals surface area contributed by atoms with Gasteiger partial charge in [-0.1, -0.05) is 413 Å². The highest BCUT2D eigenvalue weighted by Crippen LogP contribution is 2.52. The Morgan fingerprint density at radius 1 is 0.104 bits per heavy atom. The molecule has 29 aromatic rings. The van der Waals surface area contributed by atoms with E-state index in [1.165, 1.54) is 202 Å². The van der Waals surface area contributed by atoms with E-state index in [4.69, 9.17) is 13.3 Å². The first-order valence-corrected chi connectivity index (χ1v) is 46.5. The molecule has 0 bridgehead atoms. The minimum Gasteiger partial charge on any atom is -0.456 e. The SMILES string of the molecule is c1cc(-c2ccc3c(c2)oc2cc4ccccc4cc23)cc(-c2c3ccccc3c(-c3cccc4ccccc34)c3ccccc23)c1.c1ccc2c(-c3c4ccccc4c(-c4ccc(-c5ccc6oc7c8ccccc8ccc7c6c5)cc4)c4ccccc34)cccc2c1.c1ccc2cc3c(cc2c1)oc1cc(-c2c4ccccc4c(-c4cccc5ccccc45)c4ccccc24)ccc13. The molecule has 0 amide bonds. The molecule has 0 fully saturated rings. The maximum atomic E-state index is 6.49. The zero-order chi connectivity index (χ0) is 88.7. The van der Waals surface area contributed by atoms with Crippen molar-refractivity contribution in [3.8, 4) is 89.0 Å².